The van der Waals surface area contributed by atoms with E-state index in [1.165, 1.54) is 12.1 Å². The fourth-order valence-corrected chi connectivity index (χ4v) is 4.56. The van der Waals surface area contributed by atoms with Crippen LogP contribution < -0.4 is 4.90 Å². The molecule has 1 heterocycles. The summed E-state index contributed by atoms with van der Waals surface area (Å²) in [5.74, 6) is -0.228. The van der Waals surface area contributed by atoms with Gasteiger partial charge in [-0.05, 0) is 42.3 Å². The molecule has 2 aromatic carbocycles. The molecule has 1 saturated heterocycles. The smallest absolute Gasteiger partial charge is 0.218 e. The number of hydrogen-bond donors (Lipinski definition) is 0. The highest BCUT2D eigenvalue weighted by Gasteiger charge is 2.27. The summed E-state index contributed by atoms with van der Waals surface area (Å²) in [7, 11) is -3.32. The van der Waals surface area contributed by atoms with Gasteiger partial charge in [0.15, 0.2) is 0 Å². The van der Waals surface area contributed by atoms with Crippen LogP contribution in [0.1, 0.15) is 11.1 Å². The molecular weight excluding hydrogens is 327 g/mol. The van der Waals surface area contributed by atoms with Crippen LogP contribution >= 0.6 is 0 Å². The number of piperazine rings is 1. The largest absolute Gasteiger partial charge is 0.369 e. The molecule has 2 aromatic rings. The quantitative estimate of drug-likeness (QED) is 0.853. The molecule has 24 heavy (non-hydrogen) atoms. The van der Waals surface area contributed by atoms with Crippen molar-refractivity contribution in [3.8, 4) is 0 Å². The minimum atomic E-state index is -3.32. The molecule has 6 heteroatoms. The van der Waals surface area contributed by atoms with E-state index in [0.29, 0.717) is 26.2 Å². The van der Waals surface area contributed by atoms with Crippen LogP contribution in [-0.4, -0.2) is 38.9 Å². The molecule has 0 atom stereocenters. The van der Waals surface area contributed by atoms with Crippen molar-refractivity contribution < 1.29 is 12.8 Å². The molecule has 0 amide bonds. The first-order valence-electron chi connectivity index (χ1n) is 7.98. The number of benzene rings is 2. The number of aryl methyl sites for hydroxylation is 1. The Balaban J connectivity index is 1.65. The van der Waals surface area contributed by atoms with Crippen molar-refractivity contribution in [1.29, 1.82) is 0 Å². The molecule has 1 aliphatic heterocycles. The van der Waals surface area contributed by atoms with Crippen molar-refractivity contribution >= 4 is 15.7 Å². The molecule has 1 aliphatic rings. The Hall–Kier alpha value is -1.92. The van der Waals surface area contributed by atoms with E-state index in [4.69, 9.17) is 0 Å². The van der Waals surface area contributed by atoms with Gasteiger partial charge in [0, 0.05) is 31.9 Å². The van der Waals surface area contributed by atoms with Gasteiger partial charge < -0.3 is 4.90 Å². The van der Waals surface area contributed by atoms with Crippen LogP contribution in [0.5, 0.6) is 0 Å². The zero-order chi connectivity index (χ0) is 17.2. The maximum Gasteiger partial charge on any atom is 0.218 e. The van der Waals surface area contributed by atoms with E-state index >= 15 is 0 Å². The van der Waals surface area contributed by atoms with Crippen LogP contribution in [-0.2, 0) is 15.8 Å². The zero-order valence-electron chi connectivity index (χ0n) is 13.7. The average molecular weight is 348 g/mol. The van der Waals surface area contributed by atoms with Gasteiger partial charge in [-0.25, -0.2) is 12.8 Å². The van der Waals surface area contributed by atoms with Gasteiger partial charge in [0.25, 0.3) is 0 Å². The van der Waals surface area contributed by atoms with E-state index in [1.54, 1.807) is 16.4 Å². The van der Waals surface area contributed by atoms with Gasteiger partial charge in [0.1, 0.15) is 5.82 Å². The van der Waals surface area contributed by atoms with Gasteiger partial charge in [-0.15, -0.1) is 0 Å². The summed E-state index contributed by atoms with van der Waals surface area (Å²) >= 11 is 0. The van der Waals surface area contributed by atoms with Gasteiger partial charge in [0.2, 0.25) is 10.0 Å². The van der Waals surface area contributed by atoms with Crippen molar-refractivity contribution in [2.75, 3.05) is 31.1 Å². The highest BCUT2D eigenvalue weighted by atomic mass is 32.2. The van der Waals surface area contributed by atoms with Crippen molar-refractivity contribution in [3.05, 3.63) is 65.5 Å². The van der Waals surface area contributed by atoms with Crippen molar-refractivity contribution in [2.45, 2.75) is 12.7 Å². The third-order valence-corrected chi connectivity index (χ3v) is 6.25. The fourth-order valence-electron chi connectivity index (χ4n) is 2.94. The second kappa shape index (κ2) is 6.91. The van der Waals surface area contributed by atoms with Crippen LogP contribution in [0.3, 0.4) is 0 Å². The van der Waals surface area contributed by atoms with Crippen molar-refractivity contribution in [2.24, 2.45) is 0 Å². The lowest BCUT2D eigenvalue weighted by molar-refractivity contribution is 0.384. The summed E-state index contributed by atoms with van der Waals surface area (Å²) in [4.78, 5) is 2.08. The zero-order valence-corrected chi connectivity index (χ0v) is 14.5. The highest BCUT2D eigenvalue weighted by molar-refractivity contribution is 7.88. The predicted octanol–water partition coefficient (Wildman–Crippen LogP) is 2.79. The first-order valence-corrected chi connectivity index (χ1v) is 9.59. The van der Waals surface area contributed by atoms with Gasteiger partial charge in [-0.3, -0.25) is 0 Å². The van der Waals surface area contributed by atoms with Gasteiger partial charge in [-0.2, -0.15) is 4.31 Å². The molecule has 0 bridgehead atoms. The molecule has 128 valence electrons. The summed E-state index contributed by atoms with van der Waals surface area (Å²) in [5, 5.41) is 0. The first kappa shape index (κ1) is 16.9. The fraction of sp³-hybridized carbons (Fsp3) is 0.333. The lowest BCUT2D eigenvalue weighted by Crippen LogP contribution is -2.49. The maximum atomic E-state index is 13.0. The maximum absolute atomic E-state index is 13.0. The number of anilines is 1. The molecule has 0 radical (unpaired) electrons. The summed E-state index contributed by atoms with van der Waals surface area (Å²) in [6.07, 6.45) is 0. The Bertz CT molecular complexity index is 798. The monoisotopic (exact) mass is 348 g/mol. The van der Waals surface area contributed by atoms with E-state index in [9.17, 15) is 12.8 Å². The van der Waals surface area contributed by atoms with Crippen LogP contribution in [0.25, 0.3) is 0 Å². The van der Waals surface area contributed by atoms with E-state index in [0.717, 1.165) is 16.8 Å². The van der Waals surface area contributed by atoms with Crippen LogP contribution in [0.4, 0.5) is 10.1 Å². The van der Waals surface area contributed by atoms with Gasteiger partial charge in [0.05, 0.1) is 5.75 Å². The second-order valence-electron chi connectivity index (χ2n) is 6.05. The van der Waals surface area contributed by atoms with Gasteiger partial charge in [-0.1, -0.05) is 24.3 Å². The minimum absolute atomic E-state index is 0.0379. The van der Waals surface area contributed by atoms with E-state index in [2.05, 4.69) is 4.90 Å². The molecule has 4 nitrogen and oxygen atoms in total. The van der Waals surface area contributed by atoms with Crippen LogP contribution in [0.2, 0.25) is 0 Å². The Morgan fingerprint density at radius 3 is 2.21 bits per heavy atom. The molecule has 0 saturated carbocycles. The Morgan fingerprint density at radius 1 is 0.958 bits per heavy atom. The van der Waals surface area contributed by atoms with E-state index in [1.807, 2.05) is 31.2 Å². The van der Waals surface area contributed by atoms with E-state index < -0.39 is 10.0 Å². The van der Waals surface area contributed by atoms with Crippen LogP contribution in [0, 0.1) is 12.7 Å². The molecule has 0 aliphatic carbocycles. The molecule has 0 spiro atoms. The predicted molar refractivity (Wildman–Crippen MR) is 94.0 cm³/mol. The molecule has 0 aromatic heterocycles. The van der Waals surface area contributed by atoms with E-state index in [-0.39, 0.29) is 11.6 Å². The topological polar surface area (TPSA) is 40.6 Å². The molecule has 1 fully saturated rings. The van der Waals surface area contributed by atoms with Crippen molar-refractivity contribution in [1.82, 2.24) is 4.31 Å². The molecule has 0 N–H and O–H groups in total. The number of nitrogens with zero attached hydrogens (tertiary/aromatic N) is 2. The Labute approximate surface area is 142 Å². The third kappa shape index (κ3) is 3.76. The van der Waals surface area contributed by atoms with Crippen LogP contribution in [0.15, 0.2) is 48.5 Å². The molecule has 3 rings (SSSR count). The summed E-state index contributed by atoms with van der Waals surface area (Å²) in [6.45, 7) is 4.05. The Morgan fingerprint density at radius 2 is 1.58 bits per heavy atom. The summed E-state index contributed by atoms with van der Waals surface area (Å²) < 4.78 is 39.9. The standard InChI is InChI=1S/C18H21FN2O2S/c1-15-4-2-3-5-16(15)14-24(22,23)21-12-10-20(11-13-21)18-8-6-17(19)7-9-18/h2-9H,10-14H2,1H3. The number of hydrogen-bond acceptors (Lipinski definition) is 3. The number of rotatable bonds is 4. The average Bonchev–Trinajstić information content (AvgIpc) is 2.58. The highest BCUT2D eigenvalue weighted by Crippen LogP contribution is 2.20. The minimum Gasteiger partial charge on any atom is -0.369 e. The summed E-state index contributed by atoms with van der Waals surface area (Å²) in [5.41, 5.74) is 2.76. The normalized spacial score (nSPS) is 16.3. The number of sulfonamides is 1. The second-order valence-corrected chi connectivity index (χ2v) is 8.01. The lowest BCUT2D eigenvalue weighted by atomic mass is 10.1. The lowest BCUT2D eigenvalue weighted by Gasteiger charge is -2.35. The van der Waals surface area contributed by atoms with Gasteiger partial charge >= 0.3 is 0 Å². The SMILES string of the molecule is Cc1ccccc1CS(=O)(=O)N1CCN(c2ccc(F)cc2)CC1. The molecule has 0 unspecified atom stereocenters. The van der Waals surface area contributed by atoms with Crippen molar-refractivity contribution in [3.63, 3.8) is 0 Å². The number of halogens is 1. The third-order valence-electron chi connectivity index (χ3n) is 4.42. The molecular formula is C18H21FN2O2S. The first-order chi connectivity index (χ1) is 11.5. The Kier molecular flexibility index (Phi) is 4.87. The summed E-state index contributed by atoms with van der Waals surface area (Å²) in [6, 6.07) is 13.9.